The fraction of sp³-hybridized carbons (Fsp3) is 0.143. The van der Waals surface area contributed by atoms with Crippen molar-refractivity contribution in [3.63, 3.8) is 0 Å². The van der Waals surface area contributed by atoms with Gasteiger partial charge < -0.3 is 10.6 Å². The van der Waals surface area contributed by atoms with E-state index in [1.54, 1.807) is 19.1 Å². The minimum atomic E-state index is -0.286. The molecule has 4 nitrogen and oxygen atoms in total. The van der Waals surface area contributed by atoms with Crippen molar-refractivity contribution >= 4 is 17.3 Å². The second kappa shape index (κ2) is 6.59. The van der Waals surface area contributed by atoms with Gasteiger partial charge in [0.2, 0.25) is 0 Å². The summed E-state index contributed by atoms with van der Waals surface area (Å²) in [5, 5.41) is 6.10. The van der Waals surface area contributed by atoms with Crippen molar-refractivity contribution in [3.05, 3.63) is 77.2 Å². The lowest BCUT2D eigenvalue weighted by Crippen LogP contribution is -2.33. The van der Waals surface area contributed by atoms with Crippen LogP contribution in [0.15, 0.2) is 54.6 Å². The second-order valence-electron chi connectivity index (χ2n) is 6.29. The normalized spacial score (nSPS) is 13.1. The predicted octanol–water partition coefficient (Wildman–Crippen LogP) is 4.23. The number of carbonyl (C=O) groups excluding carboxylic acids is 1. The molecule has 1 aromatic heterocycles. The third-order valence-electron chi connectivity index (χ3n) is 4.58. The van der Waals surface area contributed by atoms with Gasteiger partial charge in [-0.3, -0.25) is 9.78 Å². The summed E-state index contributed by atoms with van der Waals surface area (Å²) in [5.74, 6) is -0.444. The van der Waals surface area contributed by atoms with E-state index < -0.39 is 0 Å². The van der Waals surface area contributed by atoms with E-state index in [9.17, 15) is 9.18 Å². The minimum Gasteiger partial charge on any atom is -0.354 e. The van der Waals surface area contributed by atoms with Gasteiger partial charge in [0, 0.05) is 29.8 Å². The number of aromatic nitrogens is 1. The van der Waals surface area contributed by atoms with Gasteiger partial charge in [0.05, 0.1) is 22.6 Å². The van der Waals surface area contributed by atoms with Gasteiger partial charge in [-0.2, -0.15) is 0 Å². The third-order valence-corrected chi connectivity index (χ3v) is 4.58. The molecule has 130 valence electrons. The average Bonchev–Trinajstić information content (AvgIpc) is 2.66. The Morgan fingerprint density at radius 3 is 2.69 bits per heavy atom. The zero-order valence-corrected chi connectivity index (χ0v) is 14.3. The summed E-state index contributed by atoms with van der Waals surface area (Å²) < 4.78 is 13.9. The predicted molar refractivity (Wildman–Crippen MR) is 100 cm³/mol. The topological polar surface area (TPSA) is 54.0 Å². The van der Waals surface area contributed by atoms with Crippen LogP contribution in [0, 0.1) is 12.7 Å². The van der Waals surface area contributed by atoms with E-state index in [1.807, 2.05) is 36.4 Å². The number of carbonyl (C=O) groups is 1. The Kier molecular flexibility index (Phi) is 4.13. The molecule has 0 saturated heterocycles. The van der Waals surface area contributed by atoms with E-state index >= 15 is 0 Å². The highest BCUT2D eigenvalue weighted by molar-refractivity contribution is 6.03. The minimum absolute atomic E-state index is 0.157. The molecule has 1 aliphatic heterocycles. The van der Waals surface area contributed by atoms with Crippen LogP contribution >= 0.6 is 0 Å². The fourth-order valence-electron chi connectivity index (χ4n) is 3.16. The summed E-state index contributed by atoms with van der Waals surface area (Å²) in [6.45, 7) is 2.28. The molecule has 4 rings (SSSR count). The van der Waals surface area contributed by atoms with Crippen molar-refractivity contribution in [2.24, 2.45) is 0 Å². The number of nitrogens with zero attached hydrogens (tertiary/aromatic N) is 1. The molecule has 3 aromatic rings. The molecular weight excluding hydrogens is 329 g/mol. The first-order valence-corrected chi connectivity index (χ1v) is 8.53. The molecule has 0 aliphatic carbocycles. The van der Waals surface area contributed by atoms with E-state index in [0.29, 0.717) is 35.5 Å². The highest BCUT2D eigenvalue weighted by Gasteiger charge is 2.24. The number of pyridine rings is 1. The molecule has 0 spiro atoms. The smallest absolute Gasteiger partial charge is 0.255 e. The Morgan fingerprint density at radius 2 is 1.88 bits per heavy atom. The Morgan fingerprint density at radius 1 is 1.08 bits per heavy atom. The molecule has 0 bridgehead atoms. The number of nitrogens with one attached hydrogen (secondary N) is 2. The van der Waals surface area contributed by atoms with Crippen LogP contribution < -0.4 is 10.6 Å². The van der Waals surface area contributed by atoms with E-state index in [1.165, 1.54) is 6.07 Å². The highest BCUT2D eigenvalue weighted by Crippen LogP contribution is 2.31. The highest BCUT2D eigenvalue weighted by atomic mass is 19.1. The number of amides is 1. The summed E-state index contributed by atoms with van der Waals surface area (Å²) in [6.07, 6.45) is 0.665. The molecule has 0 atom stereocenters. The first-order valence-electron chi connectivity index (χ1n) is 8.53. The number of rotatable bonds is 3. The van der Waals surface area contributed by atoms with Crippen LogP contribution in [0.25, 0.3) is 11.3 Å². The molecule has 2 heterocycles. The van der Waals surface area contributed by atoms with E-state index in [-0.39, 0.29) is 11.7 Å². The molecule has 1 amide bonds. The van der Waals surface area contributed by atoms with Crippen molar-refractivity contribution in [1.82, 2.24) is 10.3 Å². The van der Waals surface area contributed by atoms with E-state index in [4.69, 9.17) is 4.98 Å². The lowest BCUT2D eigenvalue weighted by Gasteiger charge is -2.21. The summed E-state index contributed by atoms with van der Waals surface area (Å²) in [5.41, 5.74) is 4.83. The molecule has 26 heavy (non-hydrogen) atoms. The summed E-state index contributed by atoms with van der Waals surface area (Å²) in [4.78, 5) is 17.1. The first kappa shape index (κ1) is 16.3. The molecule has 0 fully saturated rings. The standard InChI is InChI=1S/C21H18FN3O/c1-13-15(22)8-5-9-16(13)24-19-12-18(14-6-3-2-4-7-14)25-17-10-11-23-21(26)20(17)19/h2-9,12H,10-11H2,1H3,(H,23,26)(H,24,25). The summed E-state index contributed by atoms with van der Waals surface area (Å²) in [7, 11) is 0. The van der Waals surface area contributed by atoms with Crippen molar-refractivity contribution in [1.29, 1.82) is 0 Å². The van der Waals surface area contributed by atoms with Gasteiger partial charge in [-0.25, -0.2) is 4.39 Å². The summed E-state index contributed by atoms with van der Waals surface area (Å²) in [6, 6.07) is 16.5. The van der Waals surface area contributed by atoms with Gasteiger partial charge >= 0.3 is 0 Å². The molecule has 1 aliphatic rings. The van der Waals surface area contributed by atoms with Crippen molar-refractivity contribution in [2.45, 2.75) is 13.3 Å². The SMILES string of the molecule is Cc1c(F)cccc1Nc1cc(-c2ccccc2)nc2c1C(=O)NCC2. The largest absolute Gasteiger partial charge is 0.354 e. The first-order chi connectivity index (χ1) is 12.6. The molecule has 2 N–H and O–H groups in total. The van der Waals surface area contributed by atoms with Gasteiger partial charge in [0.25, 0.3) is 5.91 Å². The van der Waals surface area contributed by atoms with Gasteiger partial charge in [0.1, 0.15) is 5.82 Å². The molecular formula is C21H18FN3O. The van der Waals surface area contributed by atoms with Crippen molar-refractivity contribution in [3.8, 4) is 11.3 Å². The number of benzene rings is 2. The quantitative estimate of drug-likeness (QED) is 0.746. The van der Waals surface area contributed by atoms with Crippen LogP contribution in [0.3, 0.4) is 0 Å². The van der Waals surface area contributed by atoms with Crippen LogP contribution in [-0.2, 0) is 6.42 Å². The maximum absolute atomic E-state index is 13.9. The molecule has 0 radical (unpaired) electrons. The van der Waals surface area contributed by atoms with Crippen molar-refractivity contribution in [2.75, 3.05) is 11.9 Å². The van der Waals surface area contributed by atoms with Crippen LogP contribution in [-0.4, -0.2) is 17.4 Å². The maximum Gasteiger partial charge on any atom is 0.255 e. The zero-order chi connectivity index (χ0) is 18.1. The number of fused-ring (bicyclic) bond motifs is 1. The van der Waals surface area contributed by atoms with Gasteiger partial charge in [0.15, 0.2) is 0 Å². The Balaban J connectivity index is 1.86. The number of hydrogen-bond donors (Lipinski definition) is 2. The van der Waals surface area contributed by atoms with Gasteiger partial charge in [-0.05, 0) is 25.1 Å². The monoisotopic (exact) mass is 347 g/mol. The van der Waals surface area contributed by atoms with Gasteiger partial charge in [-0.15, -0.1) is 0 Å². The van der Waals surface area contributed by atoms with Crippen LogP contribution in [0.2, 0.25) is 0 Å². The number of halogens is 1. The Bertz CT molecular complexity index is 986. The van der Waals surface area contributed by atoms with Gasteiger partial charge in [-0.1, -0.05) is 36.4 Å². The van der Waals surface area contributed by atoms with Crippen molar-refractivity contribution < 1.29 is 9.18 Å². The fourth-order valence-corrected chi connectivity index (χ4v) is 3.16. The zero-order valence-electron chi connectivity index (χ0n) is 14.3. The lowest BCUT2D eigenvalue weighted by atomic mass is 10.0. The van der Waals surface area contributed by atoms with E-state index in [2.05, 4.69) is 10.6 Å². The summed E-state index contributed by atoms with van der Waals surface area (Å²) >= 11 is 0. The molecule has 2 aromatic carbocycles. The third kappa shape index (κ3) is 2.92. The van der Waals surface area contributed by atoms with Crippen LogP contribution in [0.1, 0.15) is 21.6 Å². The molecule has 0 unspecified atom stereocenters. The van der Waals surface area contributed by atoms with E-state index in [0.717, 1.165) is 17.0 Å². The maximum atomic E-state index is 13.9. The Hall–Kier alpha value is -3.21. The second-order valence-corrected chi connectivity index (χ2v) is 6.29. The Labute approximate surface area is 151 Å². The molecule has 0 saturated carbocycles. The average molecular weight is 347 g/mol. The number of hydrogen-bond acceptors (Lipinski definition) is 3. The number of anilines is 2. The van der Waals surface area contributed by atoms with Crippen LogP contribution in [0.5, 0.6) is 0 Å². The lowest BCUT2D eigenvalue weighted by molar-refractivity contribution is 0.0946. The molecule has 5 heteroatoms. The van der Waals surface area contributed by atoms with Crippen LogP contribution in [0.4, 0.5) is 15.8 Å².